The highest BCUT2D eigenvalue weighted by Gasteiger charge is 2.28. The molecule has 1 amide bonds. The Morgan fingerprint density at radius 2 is 2.18 bits per heavy atom. The van der Waals surface area contributed by atoms with E-state index in [1.54, 1.807) is 18.2 Å². The Hall–Kier alpha value is -0.770. The van der Waals surface area contributed by atoms with Crippen LogP contribution in [-0.2, 0) is 0 Å². The van der Waals surface area contributed by atoms with E-state index in [0.29, 0.717) is 28.1 Å². The number of amides is 1. The van der Waals surface area contributed by atoms with Crippen molar-refractivity contribution in [2.24, 2.45) is 11.7 Å². The Kier molecular flexibility index (Phi) is 3.92. The lowest BCUT2D eigenvalue weighted by Crippen LogP contribution is -2.38. The fourth-order valence-corrected chi connectivity index (χ4v) is 2.04. The second-order valence-corrected chi connectivity index (χ2v) is 5.18. The molecule has 2 rings (SSSR count). The van der Waals surface area contributed by atoms with Gasteiger partial charge in [0, 0.05) is 17.6 Å². The van der Waals surface area contributed by atoms with Gasteiger partial charge in [-0.2, -0.15) is 0 Å². The summed E-state index contributed by atoms with van der Waals surface area (Å²) in [5, 5.41) is 3.67. The number of nitrogens with two attached hydrogens (primary N) is 1. The van der Waals surface area contributed by atoms with Crippen molar-refractivity contribution in [2.75, 3.05) is 6.54 Å². The Morgan fingerprint density at radius 1 is 1.47 bits per heavy atom. The van der Waals surface area contributed by atoms with Crippen molar-refractivity contribution in [3.8, 4) is 0 Å². The number of nitrogens with one attached hydrogen (secondary N) is 1. The van der Waals surface area contributed by atoms with E-state index in [-0.39, 0.29) is 11.9 Å². The molecule has 0 heterocycles. The summed E-state index contributed by atoms with van der Waals surface area (Å²) in [6.45, 7) is 0.479. The van der Waals surface area contributed by atoms with Crippen LogP contribution in [0.2, 0.25) is 10.0 Å². The third-order valence-electron chi connectivity index (χ3n) is 2.90. The van der Waals surface area contributed by atoms with E-state index in [4.69, 9.17) is 28.9 Å². The molecule has 1 aromatic carbocycles. The van der Waals surface area contributed by atoms with Gasteiger partial charge in [0.05, 0.1) is 10.6 Å². The zero-order valence-electron chi connectivity index (χ0n) is 9.25. The van der Waals surface area contributed by atoms with Crippen LogP contribution in [0.3, 0.4) is 0 Å². The third-order valence-corrected chi connectivity index (χ3v) is 3.46. The molecule has 0 radical (unpaired) electrons. The van der Waals surface area contributed by atoms with Gasteiger partial charge < -0.3 is 11.1 Å². The lowest BCUT2D eigenvalue weighted by atomic mass is 10.1. The van der Waals surface area contributed by atoms with Crippen molar-refractivity contribution in [2.45, 2.75) is 18.9 Å². The van der Waals surface area contributed by atoms with Crippen LogP contribution < -0.4 is 11.1 Å². The smallest absolute Gasteiger partial charge is 0.252 e. The van der Waals surface area contributed by atoms with Crippen LogP contribution >= 0.6 is 23.2 Å². The topological polar surface area (TPSA) is 55.1 Å². The van der Waals surface area contributed by atoms with Gasteiger partial charge in [-0.25, -0.2) is 0 Å². The molecule has 0 saturated heterocycles. The van der Waals surface area contributed by atoms with Gasteiger partial charge in [0.1, 0.15) is 0 Å². The second-order valence-electron chi connectivity index (χ2n) is 4.34. The van der Waals surface area contributed by atoms with Gasteiger partial charge in [-0.1, -0.05) is 23.2 Å². The van der Waals surface area contributed by atoms with E-state index in [1.807, 2.05) is 0 Å². The molecule has 1 atom stereocenters. The van der Waals surface area contributed by atoms with Crippen LogP contribution in [0.15, 0.2) is 18.2 Å². The molecule has 1 fully saturated rings. The fourth-order valence-electron chi connectivity index (χ4n) is 1.67. The van der Waals surface area contributed by atoms with Crippen LogP contribution in [0.4, 0.5) is 0 Å². The zero-order valence-corrected chi connectivity index (χ0v) is 10.8. The summed E-state index contributed by atoms with van der Waals surface area (Å²) in [6.07, 6.45) is 2.32. The van der Waals surface area contributed by atoms with Gasteiger partial charge >= 0.3 is 0 Å². The predicted molar refractivity (Wildman–Crippen MR) is 69.5 cm³/mol. The highest BCUT2D eigenvalue weighted by molar-refractivity contribution is 6.35. The van der Waals surface area contributed by atoms with Crippen molar-refractivity contribution in [1.29, 1.82) is 0 Å². The SMILES string of the molecule is NC(CNC(=O)c1cc(Cl)ccc1Cl)C1CC1. The molecule has 3 nitrogen and oxygen atoms in total. The van der Waals surface area contributed by atoms with Crippen molar-refractivity contribution >= 4 is 29.1 Å². The van der Waals surface area contributed by atoms with Crippen LogP contribution in [0.5, 0.6) is 0 Å². The molecular weight excluding hydrogens is 259 g/mol. The largest absolute Gasteiger partial charge is 0.350 e. The molecule has 5 heteroatoms. The van der Waals surface area contributed by atoms with Crippen molar-refractivity contribution in [3.05, 3.63) is 33.8 Å². The van der Waals surface area contributed by atoms with E-state index in [9.17, 15) is 4.79 Å². The monoisotopic (exact) mass is 272 g/mol. The summed E-state index contributed by atoms with van der Waals surface area (Å²) < 4.78 is 0. The molecule has 0 aliphatic heterocycles. The normalized spacial score (nSPS) is 16.6. The minimum Gasteiger partial charge on any atom is -0.350 e. The molecule has 1 aromatic rings. The highest BCUT2D eigenvalue weighted by Crippen LogP contribution is 2.31. The van der Waals surface area contributed by atoms with Gasteiger partial charge in [0.2, 0.25) is 0 Å². The summed E-state index contributed by atoms with van der Waals surface area (Å²) in [7, 11) is 0. The lowest BCUT2D eigenvalue weighted by molar-refractivity contribution is 0.0950. The number of halogens is 2. The van der Waals surface area contributed by atoms with Crippen LogP contribution in [0, 0.1) is 5.92 Å². The van der Waals surface area contributed by atoms with Gasteiger partial charge in [-0.3, -0.25) is 4.79 Å². The molecule has 17 heavy (non-hydrogen) atoms. The van der Waals surface area contributed by atoms with Crippen LogP contribution in [-0.4, -0.2) is 18.5 Å². The van der Waals surface area contributed by atoms with Crippen molar-refractivity contribution in [1.82, 2.24) is 5.32 Å². The molecular formula is C12H14Cl2N2O. The quantitative estimate of drug-likeness (QED) is 0.885. The molecule has 1 aliphatic rings. The number of hydrogen-bond acceptors (Lipinski definition) is 2. The standard InChI is InChI=1S/C12H14Cl2N2O/c13-8-3-4-10(14)9(5-8)12(17)16-6-11(15)7-1-2-7/h3-5,7,11H,1-2,6,15H2,(H,16,17). The minimum absolute atomic E-state index is 0.0388. The van der Waals surface area contributed by atoms with Crippen molar-refractivity contribution < 1.29 is 4.79 Å². The maximum Gasteiger partial charge on any atom is 0.252 e. The number of hydrogen-bond donors (Lipinski definition) is 2. The maximum absolute atomic E-state index is 11.9. The van der Waals surface area contributed by atoms with Gasteiger partial charge in [-0.15, -0.1) is 0 Å². The first kappa shape index (κ1) is 12.7. The van der Waals surface area contributed by atoms with Gasteiger partial charge in [-0.05, 0) is 37.0 Å². The number of carbonyl (C=O) groups is 1. The molecule has 3 N–H and O–H groups in total. The molecule has 0 spiro atoms. The summed E-state index contributed by atoms with van der Waals surface area (Å²) in [6, 6.07) is 4.86. The maximum atomic E-state index is 11.9. The van der Waals surface area contributed by atoms with Crippen LogP contribution in [0.1, 0.15) is 23.2 Å². The summed E-state index contributed by atoms with van der Waals surface area (Å²) >= 11 is 11.8. The fraction of sp³-hybridized carbons (Fsp3) is 0.417. The van der Waals surface area contributed by atoms with Crippen molar-refractivity contribution in [3.63, 3.8) is 0 Å². The van der Waals surface area contributed by atoms with E-state index in [0.717, 1.165) is 12.8 Å². The Balaban J connectivity index is 1.96. The predicted octanol–water partition coefficient (Wildman–Crippen LogP) is 2.46. The average molecular weight is 273 g/mol. The zero-order chi connectivity index (χ0) is 12.4. The minimum atomic E-state index is -0.228. The van der Waals surface area contributed by atoms with E-state index >= 15 is 0 Å². The number of carbonyl (C=O) groups excluding carboxylic acids is 1. The molecule has 1 saturated carbocycles. The molecule has 1 unspecified atom stereocenters. The summed E-state index contributed by atoms with van der Waals surface area (Å²) in [5.74, 6) is 0.332. The Morgan fingerprint density at radius 3 is 2.82 bits per heavy atom. The lowest BCUT2D eigenvalue weighted by Gasteiger charge is -2.12. The highest BCUT2D eigenvalue weighted by atomic mass is 35.5. The van der Waals surface area contributed by atoms with Gasteiger partial charge in [0.25, 0.3) is 5.91 Å². The third kappa shape index (κ3) is 3.35. The van der Waals surface area contributed by atoms with E-state index in [1.165, 1.54) is 0 Å². The first-order valence-corrected chi connectivity index (χ1v) is 6.32. The molecule has 1 aliphatic carbocycles. The second kappa shape index (κ2) is 5.25. The first-order valence-electron chi connectivity index (χ1n) is 5.57. The van der Waals surface area contributed by atoms with Crippen LogP contribution in [0.25, 0.3) is 0 Å². The summed E-state index contributed by atoms with van der Waals surface area (Å²) in [5.41, 5.74) is 6.29. The Labute approximate surface area is 110 Å². The average Bonchev–Trinajstić information content (AvgIpc) is 3.12. The number of rotatable bonds is 4. The molecule has 0 bridgehead atoms. The molecule has 0 aromatic heterocycles. The molecule has 92 valence electrons. The summed E-state index contributed by atoms with van der Waals surface area (Å²) in [4.78, 5) is 11.9. The number of benzene rings is 1. The Bertz CT molecular complexity index is 433. The first-order chi connectivity index (χ1) is 8.08. The van der Waals surface area contributed by atoms with Gasteiger partial charge in [0.15, 0.2) is 0 Å². The van der Waals surface area contributed by atoms with E-state index < -0.39 is 0 Å². The van der Waals surface area contributed by atoms with E-state index in [2.05, 4.69) is 5.32 Å².